The van der Waals surface area contributed by atoms with E-state index < -0.39 is 11.6 Å². The van der Waals surface area contributed by atoms with E-state index in [1.54, 1.807) is 23.9 Å². The van der Waals surface area contributed by atoms with Crippen LogP contribution in [-0.4, -0.2) is 24.0 Å². The lowest BCUT2D eigenvalue weighted by atomic mass is 10.1. The molecule has 31 heavy (non-hydrogen) atoms. The first kappa shape index (κ1) is 21.4. The van der Waals surface area contributed by atoms with Gasteiger partial charge in [0, 0.05) is 23.1 Å². The lowest BCUT2D eigenvalue weighted by Crippen LogP contribution is -2.14. The van der Waals surface area contributed by atoms with Crippen molar-refractivity contribution in [2.75, 3.05) is 18.2 Å². The minimum Gasteiger partial charge on any atom is -0.491 e. The van der Waals surface area contributed by atoms with E-state index in [1.807, 2.05) is 31.4 Å². The van der Waals surface area contributed by atoms with E-state index in [1.165, 1.54) is 12.1 Å². The normalized spacial score (nSPS) is 16.1. The van der Waals surface area contributed by atoms with Gasteiger partial charge in [-0.25, -0.2) is 13.8 Å². The molecule has 1 atom stereocenters. The molecule has 2 aromatic carbocycles. The number of hydrogen-bond acceptors (Lipinski definition) is 5. The van der Waals surface area contributed by atoms with Crippen molar-refractivity contribution in [2.24, 2.45) is 0 Å². The van der Waals surface area contributed by atoms with Crippen LogP contribution in [0.25, 0.3) is 11.1 Å². The fourth-order valence-corrected chi connectivity index (χ4v) is 4.05. The van der Waals surface area contributed by atoms with Crippen molar-refractivity contribution in [1.82, 2.24) is 4.98 Å². The van der Waals surface area contributed by atoms with Gasteiger partial charge in [-0.1, -0.05) is 6.07 Å². The third-order valence-corrected chi connectivity index (χ3v) is 5.62. The summed E-state index contributed by atoms with van der Waals surface area (Å²) in [5, 5.41) is 3.25. The molecular weight excluding hydrogens is 418 g/mol. The van der Waals surface area contributed by atoms with Crippen molar-refractivity contribution in [3.05, 3.63) is 65.9 Å². The predicted octanol–water partition coefficient (Wildman–Crippen LogP) is 6.57. The van der Waals surface area contributed by atoms with Gasteiger partial charge in [0.15, 0.2) is 11.6 Å². The molecule has 1 unspecified atom stereocenters. The van der Waals surface area contributed by atoms with E-state index in [0.717, 1.165) is 35.4 Å². The van der Waals surface area contributed by atoms with Crippen LogP contribution in [0.3, 0.4) is 0 Å². The average Bonchev–Trinajstić information content (AvgIpc) is 2.73. The second-order valence-electron chi connectivity index (χ2n) is 7.54. The monoisotopic (exact) mass is 442 g/mol. The number of halogens is 2. The first-order chi connectivity index (χ1) is 15.0. The van der Waals surface area contributed by atoms with Crippen LogP contribution in [0.4, 0.5) is 20.3 Å². The molecule has 162 valence electrons. The molecule has 6 bridgehead atoms. The van der Waals surface area contributed by atoms with E-state index in [4.69, 9.17) is 9.47 Å². The number of ether oxygens (including phenoxy) is 2. The highest BCUT2D eigenvalue weighted by Crippen LogP contribution is 2.32. The molecular formula is C24H24F2N2O2S. The van der Waals surface area contributed by atoms with Gasteiger partial charge in [-0.05, 0) is 67.5 Å². The summed E-state index contributed by atoms with van der Waals surface area (Å²) in [6.45, 7) is 2.35. The lowest BCUT2D eigenvalue weighted by Gasteiger charge is -2.18. The Bertz CT molecular complexity index is 1080. The smallest absolute Gasteiger partial charge is 0.165 e. The Morgan fingerprint density at radius 1 is 1.13 bits per heavy atom. The predicted molar refractivity (Wildman–Crippen MR) is 121 cm³/mol. The number of thioether (sulfide) groups is 1. The summed E-state index contributed by atoms with van der Waals surface area (Å²) >= 11 is 1.72. The van der Waals surface area contributed by atoms with Gasteiger partial charge >= 0.3 is 0 Å². The summed E-state index contributed by atoms with van der Waals surface area (Å²) in [6.07, 6.45) is 4.64. The molecule has 1 N–H and O–H groups in total. The number of hydrogen-bond donors (Lipinski definition) is 1. The maximum Gasteiger partial charge on any atom is 0.165 e. The Balaban J connectivity index is 1.77. The molecule has 0 fully saturated rings. The number of anilines is 2. The SMILES string of the molecule is CSCc1cc2cc(c1)OC(C)CCCOc1cc(ccc1F)-c1cc(ncc1F)N2. The van der Waals surface area contributed by atoms with Crippen LogP contribution >= 0.6 is 11.8 Å². The van der Waals surface area contributed by atoms with Gasteiger partial charge in [0.25, 0.3) is 0 Å². The van der Waals surface area contributed by atoms with Crippen LogP contribution in [0.15, 0.2) is 48.7 Å². The molecule has 2 heterocycles. The van der Waals surface area contributed by atoms with E-state index >= 15 is 0 Å². The summed E-state index contributed by atoms with van der Waals surface area (Å²) in [6, 6.07) is 12.0. The quantitative estimate of drug-likeness (QED) is 0.486. The number of rotatable bonds is 2. The van der Waals surface area contributed by atoms with Crippen molar-refractivity contribution in [2.45, 2.75) is 31.6 Å². The molecule has 0 aliphatic carbocycles. The molecule has 7 heteroatoms. The van der Waals surface area contributed by atoms with Gasteiger partial charge in [-0.2, -0.15) is 11.8 Å². The summed E-state index contributed by atoms with van der Waals surface area (Å²) in [5.74, 6) is 1.23. The number of benzene rings is 2. The standard InChI is InChI=1S/C24H24F2N2O2S/c1-15-4-3-7-29-23-10-17(5-6-21(23)25)20-12-24(27-13-22(20)26)28-18-8-16(14-31-2)9-19(11-18)30-15/h5-6,8-13,15H,3-4,7,14H2,1-2H3,(H,27,28). The Hall–Kier alpha value is -2.80. The maximum absolute atomic E-state index is 14.6. The number of nitrogens with zero attached hydrogens (tertiary/aromatic N) is 1. The van der Waals surface area contributed by atoms with E-state index in [-0.39, 0.29) is 11.9 Å². The van der Waals surface area contributed by atoms with Crippen LogP contribution < -0.4 is 14.8 Å². The molecule has 4 nitrogen and oxygen atoms in total. The van der Waals surface area contributed by atoms with Crippen molar-refractivity contribution < 1.29 is 18.3 Å². The Kier molecular flexibility index (Phi) is 6.61. The first-order valence-corrected chi connectivity index (χ1v) is 11.6. The van der Waals surface area contributed by atoms with Crippen molar-refractivity contribution in [3.63, 3.8) is 0 Å². The number of aromatic nitrogens is 1. The summed E-state index contributed by atoms with van der Waals surface area (Å²) in [4.78, 5) is 4.18. The van der Waals surface area contributed by atoms with E-state index in [0.29, 0.717) is 30.0 Å². The van der Waals surface area contributed by atoms with Gasteiger partial charge in [0.1, 0.15) is 17.4 Å². The second-order valence-corrected chi connectivity index (χ2v) is 8.40. The molecule has 4 rings (SSSR count). The highest BCUT2D eigenvalue weighted by molar-refractivity contribution is 7.97. The van der Waals surface area contributed by atoms with Gasteiger partial charge in [-0.15, -0.1) is 0 Å². The molecule has 0 saturated carbocycles. The number of nitrogens with one attached hydrogen (secondary N) is 1. The fourth-order valence-electron chi connectivity index (χ4n) is 3.55. The average molecular weight is 443 g/mol. The summed E-state index contributed by atoms with van der Waals surface area (Å²) in [7, 11) is 0. The van der Waals surface area contributed by atoms with Gasteiger partial charge in [-0.3, -0.25) is 0 Å². The zero-order valence-corrected chi connectivity index (χ0v) is 18.3. The third-order valence-electron chi connectivity index (χ3n) is 5.00. The van der Waals surface area contributed by atoms with Crippen molar-refractivity contribution in [3.8, 4) is 22.6 Å². The Labute approximate surface area is 185 Å². The summed E-state index contributed by atoms with van der Waals surface area (Å²) in [5.41, 5.74) is 2.78. The number of pyridine rings is 1. The molecule has 0 radical (unpaired) electrons. The zero-order chi connectivity index (χ0) is 21.8. The maximum atomic E-state index is 14.6. The molecule has 0 saturated heterocycles. The van der Waals surface area contributed by atoms with Gasteiger partial charge < -0.3 is 14.8 Å². The van der Waals surface area contributed by atoms with Gasteiger partial charge in [0.05, 0.1) is 18.9 Å². The fraction of sp³-hybridized carbons (Fsp3) is 0.292. The van der Waals surface area contributed by atoms with Crippen LogP contribution in [0.5, 0.6) is 11.5 Å². The highest BCUT2D eigenvalue weighted by atomic mass is 32.2. The first-order valence-electron chi connectivity index (χ1n) is 10.2. The summed E-state index contributed by atoms with van der Waals surface area (Å²) < 4.78 is 40.5. The minimum absolute atomic E-state index is 0.0272. The molecule has 1 aliphatic heterocycles. The Morgan fingerprint density at radius 3 is 2.84 bits per heavy atom. The van der Waals surface area contributed by atoms with E-state index in [2.05, 4.69) is 10.3 Å². The van der Waals surface area contributed by atoms with Crippen LogP contribution in [0, 0.1) is 11.6 Å². The number of fused-ring (bicyclic) bond motifs is 7. The molecule has 0 spiro atoms. The van der Waals surface area contributed by atoms with Crippen LogP contribution in [-0.2, 0) is 5.75 Å². The highest BCUT2D eigenvalue weighted by Gasteiger charge is 2.14. The molecule has 1 aromatic heterocycles. The van der Waals surface area contributed by atoms with Gasteiger partial charge in [0.2, 0.25) is 0 Å². The molecule has 0 amide bonds. The second kappa shape index (κ2) is 9.56. The minimum atomic E-state index is -0.488. The molecule has 1 aliphatic rings. The topological polar surface area (TPSA) is 43.4 Å². The van der Waals surface area contributed by atoms with Crippen LogP contribution in [0.2, 0.25) is 0 Å². The van der Waals surface area contributed by atoms with Crippen LogP contribution in [0.1, 0.15) is 25.3 Å². The third kappa shape index (κ3) is 5.28. The largest absolute Gasteiger partial charge is 0.491 e. The lowest BCUT2D eigenvalue weighted by molar-refractivity contribution is 0.192. The zero-order valence-electron chi connectivity index (χ0n) is 17.5. The van der Waals surface area contributed by atoms with E-state index in [9.17, 15) is 8.78 Å². The molecule has 3 aromatic rings. The Morgan fingerprint density at radius 2 is 2.00 bits per heavy atom. The van der Waals surface area contributed by atoms with Crippen molar-refractivity contribution in [1.29, 1.82) is 0 Å². The van der Waals surface area contributed by atoms with Crippen molar-refractivity contribution >= 4 is 23.3 Å².